The van der Waals surface area contributed by atoms with Crippen LogP contribution in [0.25, 0.3) is 5.65 Å². The van der Waals surface area contributed by atoms with Crippen molar-refractivity contribution in [1.29, 1.82) is 0 Å². The van der Waals surface area contributed by atoms with Crippen molar-refractivity contribution in [2.75, 3.05) is 5.32 Å². The van der Waals surface area contributed by atoms with Gasteiger partial charge < -0.3 is 9.72 Å². The molecule has 1 aromatic carbocycles. The summed E-state index contributed by atoms with van der Waals surface area (Å²) in [6.07, 6.45) is -0.644. The van der Waals surface area contributed by atoms with Gasteiger partial charge in [0.2, 0.25) is 0 Å². The summed E-state index contributed by atoms with van der Waals surface area (Å²) in [5, 5.41) is 3.03. The largest absolute Gasteiger partial charge is 0.434 e. The standard InChI is InChI=1S/C15H13F3N4/c1-10-2-4-11(5-3-10)8-20-13-14-21-12(15(16,17)18)9-22(14)7-6-19-13/h2-7,9H,8H2,1H3,(H,19,20). The number of hydrogen-bond donors (Lipinski definition) is 1. The zero-order valence-electron chi connectivity index (χ0n) is 11.7. The Morgan fingerprint density at radius 2 is 1.91 bits per heavy atom. The predicted octanol–water partition coefficient (Wildman–Crippen LogP) is 3.67. The van der Waals surface area contributed by atoms with Gasteiger partial charge in [-0.3, -0.25) is 0 Å². The van der Waals surface area contributed by atoms with E-state index in [1.165, 1.54) is 16.8 Å². The number of aromatic nitrogens is 3. The van der Waals surface area contributed by atoms with Crippen molar-refractivity contribution in [2.24, 2.45) is 0 Å². The van der Waals surface area contributed by atoms with Crippen LogP contribution >= 0.6 is 0 Å². The van der Waals surface area contributed by atoms with Crippen LogP contribution in [0.1, 0.15) is 16.8 Å². The number of rotatable bonds is 3. The van der Waals surface area contributed by atoms with Crippen LogP contribution < -0.4 is 5.32 Å². The fourth-order valence-electron chi connectivity index (χ4n) is 2.07. The number of nitrogens with one attached hydrogen (secondary N) is 1. The minimum Gasteiger partial charge on any atom is -0.363 e. The number of halogens is 3. The second-order valence-corrected chi connectivity index (χ2v) is 4.97. The average molecular weight is 306 g/mol. The molecule has 7 heteroatoms. The lowest BCUT2D eigenvalue weighted by atomic mass is 10.1. The lowest BCUT2D eigenvalue weighted by Crippen LogP contribution is -2.05. The maximum Gasteiger partial charge on any atom is 0.434 e. The van der Waals surface area contributed by atoms with Crippen molar-refractivity contribution in [1.82, 2.24) is 14.4 Å². The van der Waals surface area contributed by atoms with E-state index in [-0.39, 0.29) is 5.65 Å². The monoisotopic (exact) mass is 306 g/mol. The van der Waals surface area contributed by atoms with E-state index in [1.807, 2.05) is 31.2 Å². The number of fused-ring (bicyclic) bond motifs is 1. The van der Waals surface area contributed by atoms with E-state index in [1.54, 1.807) is 0 Å². The second-order valence-electron chi connectivity index (χ2n) is 4.97. The van der Waals surface area contributed by atoms with Crippen LogP contribution in [0.4, 0.5) is 19.0 Å². The zero-order chi connectivity index (χ0) is 15.7. The molecule has 0 aliphatic rings. The van der Waals surface area contributed by atoms with Crippen molar-refractivity contribution < 1.29 is 13.2 Å². The number of benzene rings is 1. The second kappa shape index (κ2) is 5.32. The molecule has 3 rings (SSSR count). The van der Waals surface area contributed by atoms with Gasteiger partial charge in [0.15, 0.2) is 17.2 Å². The summed E-state index contributed by atoms with van der Waals surface area (Å²) >= 11 is 0. The van der Waals surface area contributed by atoms with Gasteiger partial charge >= 0.3 is 6.18 Å². The Labute approximate surface area is 124 Å². The molecule has 0 bridgehead atoms. The van der Waals surface area contributed by atoms with Gasteiger partial charge in [-0.2, -0.15) is 13.2 Å². The molecule has 4 nitrogen and oxygen atoms in total. The van der Waals surface area contributed by atoms with Gasteiger partial charge in [0, 0.05) is 25.1 Å². The van der Waals surface area contributed by atoms with Crippen molar-refractivity contribution >= 4 is 11.5 Å². The first-order valence-corrected chi connectivity index (χ1v) is 6.64. The van der Waals surface area contributed by atoms with E-state index >= 15 is 0 Å². The highest BCUT2D eigenvalue weighted by atomic mass is 19.4. The van der Waals surface area contributed by atoms with Gasteiger partial charge in [0.05, 0.1) is 0 Å². The van der Waals surface area contributed by atoms with E-state index in [9.17, 15) is 13.2 Å². The molecule has 0 saturated heterocycles. The normalized spacial score (nSPS) is 11.8. The highest BCUT2D eigenvalue weighted by molar-refractivity contribution is 5.63. The highest BCUT2D eigenvalue weighted by Gasteiger charge is 2.34. The van der Waals surface area contributed by atoms with Crippen LogP contribution in [0.15, 0.2) is 42.9 Å². The van der Waals surface area contributed by atoms with Crippen molar-refractivity contribution in [3.05, 3.63) is 59.7 Å². The van der Waals surface area contributed by atoms with Crippen LogP contribution in [-0.4, -0.2) is 14.4 Å². The Morgan fingerprint density at radius 1 is 1.18 bits per heavy atom. The molecule has 0 atom stereocenters. The van der Waals surface area contributed by atoms with Crippen LogP contribution in [0, 0.1) is 6.92 Å². The smallest absolute Gasteiger partial charge is 0.363 e. The molecule has 0 radical (unpaired) electrons. The summed E-state index contributed by atoms with van der Waals surface area (Å²) in [6, 6.07) is 7.86. The molecule has 0 unspecified atom stereocenters. The minimum absolute atomic E-state index is 0.155. The van der Waals surface area contributed by atoms with Crippen molar-refractivity contribution in [2.45, 2.75) is 19.6 Å². The topological polar surface area (TPSA) is 42.2 Å². The Bertz CT molecular complexity index is 791. The lowest BCUT2D eigenvalue weighted by Gasteiger charge is -2.07. The van der Waals surface area contributed by atoms with Gasteiger partial charge in [-0.15, -0.1) is 0 Å². The molecule has 0 amide bonds. The van der Waals surface area contributed by atoms with Gasteiger partial charge in [-0.05, 0) is 12.5 Å². The first-order valence-electron chi connectivity index (χ1n) is 6.64. The van der Waals surface area contributed by atoms with Crippen LogP contribution in [0.3, 0.4) is 0 Å². The number of alkyl halides is 3. The highest BCUT2D eigenvalue weighted by Crippen LogP contribution is 2.29. The molecule has 0 aliphatic heterocycles. The average Bonchev–Trinajstić information content (AvgIpc) is 2.91. The Kier molecular flexibility index (Phi) is 3.48. The Hall–Kier alpha value is -2.57. The van der Waals surface area contributed by atoms with Gasteiger partial charge in [-0.1, -0.05) is 29.8 Å². The number of aryl methyl sites for hydroxylation is 1. The molecule has 2 heterocycles. The number of nitrogens with zero attached hydrogens (tertiary/aromatic N) is 3. The van der Waals surface area contributed by atoms with Crippen molar-refractivity contribution in [3.63, 3.8) is 0 Å². The molecule has 22 heavy (non-hydrogen) atoms. The molecule has 2 aromatic heterocycles. The van der Waals surface area contributed by atoms with Crippen LogP contribution in [0.5, 0.6) is 0 Å². The number of hydrogen-bond acceptors (Lipinski definition) is 3. The fourth-order valence-corrected chi connectivity index (χ4v) is 2.07. The molecule has 0 fully saturated rings. The Balaban J connectivity index is 1.87. The molecule has 1 N–H and O–H groups in total. The third-order valence-electron chi connectivity index (χ3n) is 3.25. The molecule has 3 aromatic rings. The first kappa shape index (κ1) is 14.4. The maximum atomic E-state index is 12.7. The van der Waals surface area contributed by atoms with E-state index in [0.717, 1.165) is 17.3 Å². The van der Waals surface area contributed by atoms with Gasteiger partial charge in [0.1, 0.15) is 0 Å². The molecule has 0 saturated carbocycles. The SMILES string of the molecule is Cc1ccc(CNc2nccn3cc(C(F)(F)F)nc23)cc1. The summed E-state index contributed by atoms with van der Waals surface area (Å²) in [7, 11) is 0. The summed E-state index contributed by atoms with van der Waals surface area (Å²) in [4.78, 5) is 7.70. The molecule has 0 aliphatic carbocycles. The predicted molar refractivity (Wildman–Crippen MR) is 76.5 cm³/mol. The quantitative estimate of drug-likeness (QED) is 0.803. The summed E-state index contributed by atoms with van der Waals surface area (Å²) in [5.41, 5.74) is 1.38. The van der Waals surface area contributed by atoms with Gasteiger partial charge in [0.25, 0.3) is 0 Å². The first-order chi connectivity index (χ1) is 10.4. The maximum absolute atomic E-state index is 12.7. The van der Waals surface area contributed by atoms with E-state index in [4.69, 9.17) is 0 Å². The van der Waals surface area contributed by atoms with E-state index < -0.39 is 11.9 Å². The lowest BCUT2D eigenvalue weighted by molar-refractivity contribution is -0.140. The Morgan fingerprint density at radius 3 is 2.59 bits per heavy atom. The summed E-state index contributed by atoms with van der Waals surface area (Å²) in [5.74, 6) is 0.318. The third kappa shape index (κ3) is 2.88. The number of imidazole rings is 1. The summed E-state index contributed by atoms with van der Waals surface area (Å²) < 4.78 is 39.5. The van der Waals surface area contributed by atoms with Gasteiger partial charge in [-0.25, -0.2) is 9.97 Å². The zero-order valence-corrected chi connectivity index (χ0v) is 11.7. The fraction of sp³-hybridized carbons (Fsp3) is 0.200. The number of anilines is 1. The molecular weight excluding hydrogens is 293 g/mol. The third-order valence-corrected chi connectivity index (χ3v) is 3.25. The van der Waals surface area contributed by atoms with Crippen LogP contribution in [0.2, 0.25) is 0 Å². The van der Waals surface area contributed by atoms with Crippen molar-refractivity contribution in [3.8, 4) is 0 Å². The molecule has 0 spiro atoms. The summed E-state index contributed by atoms with van der Waals surface area (Å²) in [6.45, 7) is 2.45. The van der Waals surface area contributed by atoms with E-state index in [2.05, 4.69) is 15.3 Å². The molecule has 114 valence electrons. The minimum atomic E-state index is -4.47. The van der Waals surface area contributed by atoms with E-state index in [0.29, 0.717) is 12.4 Å². The van der Waals surface area contributed by atoms with Crippen LogP contribution in [-0.2, 0) is 12.7 Å². The molecular formula is C15H13F3N4.